The molecule has 2 aliphatic rings. The summed E-state index contributed by atoms with van der Waals surface area (Å²) in [5.41, 5.74) is 8.02. The summed E-state index contributed by atoms with van der Waals surface area (Å²) in [5.74, 6) is -0.156. The summed E-state index contributed by atoms with van der Waals surface area (Å²) in [4.78, 5) is 23.7. The predicted molar refractivity (Wildman–Crippen MR) is 54.4 cm³/mol. The molecule has 1 aliphatic heterocycles. The number of amides is 2. The van der Waals surface area contributed by atoms with Crippen LogP contribution >= 0.6 is 0 Å². The Morgan fingerprint density at radius 2 is 1.93 bits per heavy atom. The first-order chi connectivity index (χ1) is 7.24. The molecule has 5 nitrogen and oxygen atoms in total. The van der Waals surface area contributed by atoms with Crippen molar-refractivity contribution in [2.24, 2.45) is 17.6 Å². The Balaban J connectivity index is 2.11. The number of fused-ring (bicyclic) bond motifs is 1. The van der Waals surface area contributed by atoms with Gasteiger partial charge in [-0.3, -0.25) is 20.0 Å². The molecule has 0 aromatic rings. The molecule has 2 unspecified atom stereocenters. The predicted octanol–water partition coefficient (Wildman–Crippen LogP) is -0.375. The lowest BCUT2D eigenvalue weighted by Gasteiger charge is -2.39. The highest BCUT2D eigenvalue weighted by atomic mass is 16.2. The average Bonchev–Trinajstić information content (AvgIpc) is 2.26. The molecule has 2 amide bonds. The summed E-state index contributed by atoms with van der Waals surface area (Å²) < 4.78 is 0. The van der Waals surface area contributed by atoms with Crippen LogP contribution in [0, 0.1) is 11.8 Å². The third-order valence-corrected chi connectivity index (χ3v) is 3.28. The number of nitrogens with two attached hydrogens (primary N) is 1. The minimum atomic E-state index is -0.0981. The van der Waals surface area contributed by atoms with Crippen molar-refractivity contribution in [3.8, 4) is 0 Å². The molecule has 0 spiro atoms. The number of rotatable bonds is 2. The first kappa shape index (κ1) is 10.4. The molecule has 5 heteroatoms. The van der Waals surface area contributed by atoms with Gasteiger partial charge in [0, 0.05) is 6.54 Å². The third kappa shape index (κ3) is 1.84. The summed E-state index contributed by atoms with van der Waals surface area (Å²) in [7, 11) is 0. The van der Waals surface area contributed by atoms with Crippen molar-refractivity contribution in [1.29, 1.82) is 0 Å². The van der Waals surface area contributed by atoms with Gasteiger partial charge in [0.1, 0.15) is 0 Å². The van der Waals surface area contributed by atoms with Crippen LogP contribution in [0.3, 0.4) is 0 Å². The monoisotopic (exact) mass is 211 g/mol. The van der Waals surface area contributed by atoms with Crippen LogP contribution in [0.25, 0.3) is 0 Å². The summed E-state index contributed by atoms with van der Waals surface area (Å²) in [6.45, 7) is 0.789. The van der Waals surface area contributed by atoms with E-state index in [4.69, 9.17) is 5.73 Å². The van der Waals surface area contributed by atoms with Crippen molar-refractivity contribution in [1.82, 2.24) is 10.4 Å². The maximum absolute atomic E-state index is 12.0. The number of carbonyl (C=O) groups is 2. The number of hydrogen-bond donors (Lipinski definition) is 2. The normalized spacial score (nSPS) is 31.1. The number of carbonyl (C=O) groups excluding carboxylic acids is 2. The van der Waals surface area contributed by atoms with Gasteiger partial charge in [0.2, 0.25) is 11.8 Å². The Morgan fingerprint density at radius 1 is 1.27 bits per heavy atom. The SMILES string of the molecule is NCCN1NC(=O)C2CCCCC2C1=O. The van der Waals surface area contributed by atoms with Crippen LogP contribution in [-0.4, -0.2) is 29.9 Å². The molecule has 1 saturated carbocycles. The Bertz CT molecular complexity index is 280. The van der Waals surface area contributed by atoms with E-state index in [-0.39, 0.29) is 23.7 Å². The van der Waals surface area contributed by atoms with Crippen LogP contribution in [0.4, 0.5) is 0 Å². The van der Waals surface area contributed by atoms with Gasteiger partial charge in [0.05, 0.1) is 18.4 Å². The van der Waals surface area contributed by atoms with Gasteiger partial charge in [-0.1, -0.05) is 12.8 Å². The molecular formula is C10H17N3O2. The van der Waals surface area contributed by atoms with E-state index in [1.54, 1.807) is 0 Å². The molecule has 2 fully saturated rings. The van der Waals surface area contributed by atoms with E-state index in [9.17, 15) is 9.59 Å². The zero-order chi connectivity index (χ0) is 10.8. The van der Waals surface area contributed by atoms with Crippen molar-refractivity contribution in [3.63, 3.8) is 0 Å². The van der Waals surface area contributed by atoms with E-state index < -0.39 is 0 Å². The largest absolute Gasteiger partial charge is 0.329 e. The third-order valence-electron chi connectivity index (χ3n) is 3.28. The summed E-state index contributed by atoms with van der Waals surface area (Å²) in [6, 6.07) is 0. The van der Waals surface area contributed by atoms with Crippen LogP contribution in [-0.2, 0) is 9.59 Å². The smallest absolute Gasteiger partial charge is 0.244 e. The fourth-order valence-corrected chi connectivity index (χ4v) is 2.51. The minimum Gasteiger partial charge on any atom is -0.329 e. The van der Waals surface area contributed by atoms with Crippen LogP contribution in [0.5, 0.6) is 0 Å². The second kappa shape index (κ2) is 4.18. The summed E-state index contributed by atoms with van der Waals surface area (Å²) in [5, 5.41) is 1.38. The van der Waals surface area contributed by atoms with Crippen molar-refractivity contribution >= 4 is 11.8 Å². The molecule has 1 aliphatic carbocycles. The summed E-state index contributed by atoms with van der Waals surface area (Å²) >= 11 is 0. The standard InChI is InChI=1S/C10H17N3O2/c11-5-6-13-10(15)8-4-2-1-3-7(8)9(14)12-13/h7-8H,1-6,11H2,(H,12,14). The van der Waals surface area contributed by atoms with Gasteiger partial charge in [-0.15, -0.1) is 0 Å². The fraction of sp³-hybridized carbons (Fsp3) is 0.800. The van der Waals surface area contributed by atoms with Gasteiger partial charge in [0.15, 0.2) is 0 Å². The molecule has 84 valence electrons. The number of nitrogens with zero attached hydrogens (tertiary/aromatic N) is 1. The highest BCUT2D eigenvalue weighted by molar-refractivity contribution is 5.93. The molecule has 0 radical (unpaired) electrons. The molecule has 15 heavy (non-hydrogen) atoms. The quantitative estimate of drug-likeness (QED) is 0.654. The highest BCUT2D eigenvalue weighted by Gasteiger charge is 2.42. The Morgan fingerprint density at radius 3 is 2.60 bits per heavy atom. The zero-order valence-electron chi connectivity index (χ0n) is 8.74. The van der Waals surface area contributed by atoms with Crippen molar-refractivity contribution in [2.75, 3.05) is 13.1 Å². The maximum atomic E-state index is 12.0. The first-order valence-electron chi connectivity index (χ1n) is 5.56. The molecule has 0 aromatic carbocycles. The topological polar surface area (TPSA) is 75.4 Å². The minimum absolute atomic E-state index is 0.00671. The number of nitrogens with one attached hydrogen (secondary N) is 1. The van der Waals surface area contributed by atoms with Gasteiger partial charge in [0.25, 0.3) is 0 Å². The van der Waals surface area contributed by atoms with E-state index >= 15 is 0 Å². The van der Waals surface area contributed by atoms with Crippen LogP contribution < -0.4 is 11.2 Å². The molecule has 2 atom stereocenters. The van der Waals surface area contributed by atoms with Crippen LogP contribution in [0.1, 0.15) is 25.7 Å². The molecule has 1 heterocycles. The van der Waals surface area contributed by atoms with Gasteiger partial charge < -0.3 is 5.73 Å². The Hall–Kier alpha value is -1.10. The lowest BCUT2D eigenvalue weighted by atomic mass is 9.77. The number of hydrazine groups is 1. The Kier molecular flexibility index (Phi) is 2.90. The molecule has 0 bridgehead atoms. The lowest BCUT2D eigenvalue weighted by molar-refractivity contribution is -0.158. The van der Waals surface area contributed by atoms with Crippen LogP contribution in [0.15, 0.2) is 0 Å². The van der Waals surface area contributed by atoms with Gasteiger partial charge in [-0.25, -0.2) is 0 Å². The summed E-state index contributed by atoms with van der Waals surface area (Å²) in [6.07, 6.45) is 3.80. The van der Waals surface area contributed by atoms with E-state index in [2.05, 4.69) is 5.43 Å². The van der Waals surface area contributed by atoms with E-state index in [0.29, 0.717) is 13.1 Å². The second-order valence-corrected chi connectivity index (χ2v) is 4.25. The van der Waals surface area contributed by atoms with Crippen molar-refractivity contribution < 1.29 is 9.59 Å². The first-order valence-corrected chi connectivity index (χ1v) is 5.56. The molecule has 3 N–H and O–H groups in total. The van der Waals surface area contributed by atoms with Crippen molar-refractivity contribution in [2.45, 2.75) is 25.7 Å². The zero-order valence-corrected chi connectivity index (χ0v) is 8.74. The maximum Gasteiger partial charge on any atom is 0.244 e. The lowest BCUT2D eigenvalue weighted by Crippen LogP contribution is -2.60. The fourth-order valence-electron chi connectivity index (χ4n) is 2.51. The highest BCUT2D eigenvalue weighted by Crippen LogP contribution is 2.33. The van der Waals surface area contributed by atoms with Crippen LogP contribution in [0.2, 0.25) is 0 Å². The van der Waals surface area contributed by atoms with E-state index in [0.717, 1.165) is 25.7 Å². The van der Waals surface area contributed by atoms with E-state index in [1.165, 1.54) is 5.01 Å². The molecule has 2 rings (SSSR count). The van der Waals surface area contributed by atoms with Gasteiger partial charge >= 0.3 is 0 Å². The molecule has 0 aromatic heterocycles. The van der Waals surface area contributed by atoms with Crippen molar-refractivity contribution in [3.05, 3.63) is 0 Å². The van der Waals surface area contributed by atoms with Gasteiger partial charge in [-0.2, -0.15) is 0 Å². The van der Waals surface area contributed by atoms with Gasteiger partial charge in [-0.05, 0) is 12.8 Å². The van der Waals surface area contributed by atoms with E-state index in [1.807, 2.05) is 0 Å². The number of hydrogen-bond acceptors (Lipinski definition) is 3. The molecule has 1 saturated heterocycles. The average molecular weight is 211 g/mol. The second-order valence-electron chi connectivity index (χ2n) is 4.25. The Labute approximate surface area is 89.0 Å². The molecular weight excluding hydrogens is 194 g/mol.